The third-order valence-corrected chi connectivity index (χ3v) is 3.18. The van der Waals surface area contributed by atoms with E-state index in [4.69, 9.17) is 4.52 Å². The Hall–Kier alpha value is -1.97. The van der Waals surface area contributed by atoms with E-state index in [2.05, 4.69) is 10.1 Å². The Bertz CT molecular complexity index is 544. The summed E-state index contributed by atoms with van der Waals surface area (Å²) in [6.45, 7) is 0. The van der Waals surface area contributed by atoms with Crippen LogP contribution >= 0.6 is 0 Å². The van der Waals surface area contributed by atoms with Crippen molar-refractivity contribution in [2.45, 2.75) is 25.2 Å². The van der Waals surface area contributed by atoms with Crippen LogP contribution in [0.15, 0.2) is 28.8 Å². The molecule has 3 rings (SSSR count). The van der Waals surface area contributed by atoms with Crippen LogP contribution in [-0.4, -0.2) is 16.4 Å². The van der Waals surface area contributed by atoms with Crippen molar-refractivity contribution in [2.24, 2.45) is 0 Å². The molecule has 0 atom stereocenters. The van der Waals surface area contributed by atoms with E-state index in [1.807, 2.05) is 12.1 Å². The molecule has 4 heteroatoms. The van der Waals surface area contributed by atoms with E-state index in [-0.39, 0.29) is 0 Å². The number of rotatable bonds is 3. The molecule has 1 aromatic heterocycles. The molecule has 0 aliphatic heterocycles. The van der Waals surface area contributed by atoms with Gasteiger partial charge in [-0.1, -0.05) is 29.8 Å². The number of carbonyl (C=O) groups is 1. The van der Waals surface area contributed by atoms with E-state index < -0.39 is 0 Å². The predicted molar refractivity (Wildman–Crippen MR) is 61.7 cm³/mol. The molecule has 4 nitrogen and oxygen atoms in total. The van der Waals surface area contributed by atoms with Crippen molar-refractivity contribution in [3.05, 3.63) is 35.7 Å². The van der Waals surface area contributed by atoms with E-state index in [1.54, 1.807) is 12.1 Å². The van der Waals surface area contributed by atoms with Gasteiger partial charge in [0.2, 0.25) is 11.7 Å². The highest BCUT2D eigenvalue weighted by Crippen LogP contribution is 2.35. The molecular formula is C13H12N2O2. The van der Waals surface area contributed by atoms with Crippen molar-refractivity contribution < 1.29 is 9.32 Å². The first kappa shape index (κ1) is 10.2. The second-order valence-electron chi connectivity index (χ2n) is 4.33. The third kappa shape index (κ3) is 1.86. The molecule has 0 spiro atoms. The molecule has 1 heterocycles. The summed E-state index contributed by atoms with van der Waals surface area (Å²) in [5.41, 5.74) is 1.45. The zero-order chi connectivity index (χ0) is 11.7. The predicted octanol–water partition coefficient (Wildman–Crippen LogP) is 2.82. The maximum absolute atomic E-state index is 10.7. The summed E-state index contributed by atoms with van der Waals surface area (Å²) in [5.74, 6) is 1.73. The topological polar surface area (TPSA) is 56.0 Å². The van der Waals surface area contributed by atoms with Gasteiger partial charge < -0.3 is 4.52 Å². The second-order valence-corrected chi connectivity index (χ2v) is 4.33. The summed E-state index contributed by atoms with van der Waals surface area (Å²) in [6, 6.07) is 7.21. The van der Waals surface area contributed by atoms with Crippen LogP contribution in [0.5, 0.6) is 0 Å². The Labute approximate surface area is 98.7 Å². The molecule has 86 valence electrons. The highest BCUT2D eigenvalue weighted by Gasteiger charge is 2.25. The summed E-state index contributed by atoms with van der Waals surface area (Å²) >= 11 is 0. The minimum Gasteiger partial charge on any atom is -0.339 e. The maximum Gasteiger partial charge on any atom is 0.230 e. The van der Waals surface area contributed by atoms with E-state index in [9.17, 15) is 4.79 Å². The smallest absolute Gasteiger partial charge is 0.230 e. The standard InChI is InChI=1S/C13H12N2O2/c16-8-9-3-1-6-11(7-9)12-14-13(17-15-12)10-4-2-5-10/h1,3,6-8,10H,2,4-5H2. The fourth-order valence-electron chi connectivity index (χ4n) is 1.92. The lowest BCUT2D eigenvalue weighted by Crippen LogP contribution is -2.08. The number of nitrogens with zero attached hydrogens (tertiary/aromatic N) is 2. The van der Waals surface area contributed by atoms with E-state index >= 15 is 0 Å². The Morgan fingerprint density at radius 2 is 2.24 bits per heavy atom. The molecule has 0 bridgehead atoms. The van der Waals surface area contributed by atoms with Crippen molar-refractivity contribution in [3.8, 4) is 11.4 Å². The quantitative estimate of drug-likeness (QED) is 0.758. The van der Waals surface area contributed by atoms with Gasteiger partial charge in [-0.15, -0.1) is 0 Å². The molecule has 17 heavy (non-hydrogen) atoms. The van der Waals surface area contributed by atoms with Crippen molar-refractivity contribution in [1.29, 1.82) is 0 Å². The molecule has 1 saturated carbocycles. The molecule has 0 N–H and O–H groups in total. The van der Waals surface area contributed by atoms with Crippen LogP contribution in [0.25, 0.3) is 11.4 Å². The zero-order valence-electron chi connectivity index (χ0n) is 9.30. The molecule has 0 saturated heterocycles. The van der Waals surface area contributed by atoms with Crippen molar-refractivity contribution in [3.63, 3.8) is 0 Å². The lowest BCUT2D eigenvalue weighted by molar-refractivity contribution is 0.112. The zero-order valence-corrected chi connectivity index (χ0v) is 9.30. The number of aromatic nitrogens is 2. The molecule has 0 unspecified atom stereocenters. The van der Waals surface area contributed by atoms with Crippen molar-refractivity contribution >= 4 is 6.29 Å². The SMILES string of the molecule is O=Cc1cccc(-c2noc(C3CCC3)n2)c1. The summed E-state index contributed by atoms with van der Waals surface area (Å²) < 4.78 is 5.25. The van der Waals surface area contributed by atoms with Crippen molar-refractivity contribution in [2.75, 3.05) is 0 Å². The molecular weight excluding hydrogens is 216 g/mol. The largest absolute Gasteiger partial charge is 0.339 e. The minimum atomic E-state index is 0.436. The van der Waals surface area contributed by atoms with Gasteiger partial charge in [-0.25, -0.2) is 0 Å². The summed E-state index contributed by atoms with van der Waals surface area (Å²) in [7, 11) is 0. The number of benzene rings is 1. The third-order valence-electron chi connectivity index (χ3n) is 3.18. The summed E-state index contributed by atoms with van der Waals surface area (Å²) in [5, 5.41) is 3.96. The number of hydrogen-bond donors (Lipinski definition) is 0. The molecule has 1 aromatic carbocycles. The van der Waals surface area contributed by atoms with Crippen LogP contribution in [0.3, 0.4) is 0 Å². The number of hydrogen-bond acceptors (Lipinski definition) is 4. The Balaban J connectivity index is 1.91. The van der Waals surface area contributed by atoms with Crippen LogP contribution in [0.4, 0.5) is 0 Å². The molecule has 0 amide bonds. The van der Waals surface area contributed by atoms with Crippen LogP contribution in [0, 0.1) is 0 Å². The van der Waals surface area contributed by atoms with E-state index in [0.29, 0.717) is 17.3 Å². The van der Waals surface area contributed by atoms with Gasteiger partial charge in [0.25, 0.3) is 0 Å². The normalized spacial score (nSPS) is 15.5. The molecule has 0 radical (unpaired) electrons. The average Bonchev–Trinajstić information content (AvgIpc) is 2.76. The van der Waals surface area contributed by atoms with Crippen LogP contribution in [0.1, 0.15) is 41.4 Å². The molecule has 1 aliphatic carbocycles. The lowest BCUT2D eigenvalue weighted by atomic mass is 9.85. The summed E-state index contributed by atoms with van der Waals surface area (Å²) in [6.07, 6.45) is 4.32. The van der Waals surface area contributed by atoms with E-state index in [0.717, 1.165) is 30.6 Å². The second kappa shape index (κ2) is 4.13. The maximum atomic E-state index is 10.7. The van der Waals surface area contributed by atoms with Crippen LogP contribution in [-0.2, 0) is 0 Å². The number of carbonyl (C=O) groups excluding carboxylic acids is 1. The van der Waals surface area contributed by atoms with Gasteiger partial charge in [0, 0.05) is 17.0 Å². The Morgan fingerprint density at radius 1 is 1.35 bits per heavy atom. The summed E-state index contributed by atoms with van der Waals surface area (Å²) in [4.78, 5) is 15.1. The first-order chi connectivity index (χ1) is 8.36. The van der Waals surface area contributed by atoms with Crippen molar-refractivity contribution in [1.82, 2.24) is 10.1 Å². The van der Waals surface area contributed by atoms with Gasteiger partial charge in [-0.05, 0) is 18.9 Å². The Kier molecular flexibility index (Phi) is 2.48. The average molecular weight is 228 g/mol. The minimum absolute atomic E-state index is 0.436. The van der Waals surface area contributed by atoms with E-state index in [1.165, 1.54) is 6.42 Å². The first-order valence-corrected chi connectivity index (χ1v) is 5.76. The lowest BCUT2D eigenvalue weighted by Gasteiger charge is -2.20. The van der Waals surface area contributed by atoms with Gasteiger partial charge in [0.05, 0.1) is 0 Å². The highest BCUT2D eigenvalue weighted by molar-refractivity contribution is 5.77. The fourth-order valence-corrected chi connectivity index (χ4v) is 1.92. The monoisotopic (exact) mass is 228 g/mol. The van der Waals surface area contributed by atoms with Gasteiger partial charge in [0.1, 0.15) is 6.29 Å². The van der Waals surface area contributed by atoms with Gasteiger partial charge in [0.15, 0.2) is 0 Å². The molecule has 2 aromatic rings. The number of aldehydes is 1. The fraction of sp³-hybridized carbons (Fsp3) is 0.308. The molecule has 1 fully saturated rings. The van der Waals surface area contributed by atoms with Crippen LogP contribution < -0.4 is 0 Å². The van der Waals surface area contributed by atoms with Crippen LogP contribution in [0.2, 0.25) is 0 Å². The highest BCUT2D eigenvalue weighted by atomic mass is 16.5. The van der Waals surface area contributed by atoms with Gasteiger partial charge >= 0.3 is 0 Å². The first-order valence-electron chi connectivity index (χ1n) is 5.76. The van der Waals surface area contributed by atoms with Gasteiger partial charge in [-0.3, -0.25) is 4.79 Å². The molecule has 1 aliphatic rings. The van der Waals surface area contributed by atoms with Gasteiger partial charge in [-0.2, -0.15) is 4.98 Å². The Morgan fingerprint density at radius 3 is 2.94 bits per heavy atom.